The van der Waals surface area contributed by atoms with Crippen LogP contribution in [-0.2, 0) is 0 Å². The van der Waals surface area contributed by atoms with Crippen LogP contribution in [0.1, 0.15) is 52.4 Å². The second-order valence-electron chi connectivity index (χ2n) is 6.31. The van der Waals surface area contributed by atoms with Gasteiger partial charge in [-0.2, -0.15) is 0 Å². The summed E-state index contributed by atoms with van der Waals surface area (Å²) in [7, 11) is 0. The standard InChI is InChI=1S/C14H27NO/c1-12(2)13-6-9-15(10-13)11-14(16)7-4-3-5-8-14/h12-13,16H,3-11H2,1-2H3. The summed E-state index contributed by atoms with van der Waals surface area (Å²) >= 11 is 0. The molecule has 1 atom stereocenters. The van der Waals surface area contributed by atoms with Gasteiger partial charge in [-0.3, -0.25) is 0 Å². The van der Waals surface area contributed by atoms with E-state index in [4.69, 9.17) is 0 Å². The van der Waals surface area contributed by atoms with E-state index < -0.39 is 0 Å². The van der Waals surface area contributed by atoms with Crippen LogP contribution < -0.4 is 0 Å². The van der Waals surface area contributed by atoms with Gasteiger partial charge in [0.05, 0.1) is 5.60 Å². The first-order chi connectivity index (χ1) is 7.59. The summed E-state index contributed by atoms with van der Waals surface area (Å²) in [4.78, 5) is 2.50. The second-order valence-corrected chi connectivity index (χ2v) is 6.31. The molecule has 1 saturated heterocycles. The van der Waals surface area contributed by atoms with Gasteiger partial charge in [0.2, 0.25) is 0 Å². The molecule has 1 aliphatic carbocycles. The Morgan fingerprint density at radius 2 is 1.94 bits per heavy atom. The molecule has 2 nitrogen and oxygen atoms in total. The van der Waals surface area contributed by atoms with E-state index in [1.54, 1.807) is 0 Å². The van der Waals surface area contributed by atoms with Crippen LogP contribution in [0.5, 0.6) is 0 Å². The average molecular weight is 225 g/mol. The fourth-order valence-corrected chi connectivity index (χ4v) is 3.33. The lowest BCUT2D eigenvalue weighted by atomic mass is 9.84. The summed E-state index contributed by atoms with van der Waals surface area (Å²) in [5, 5.41) is 10.5. The van der Waals surface area contributed by atoms with Crippen LogP contribution in [0.15, 0.2) is 0 Å². The zero-order valence-electron chi connectivity index (χ0n) is 10.9. The van der Waals surface area contributed by atoms with Crippen LogP contribution in [0.2, 0.25) is 0 Å². The molecule has 16 heavy (non-hydrogen) atoms. The smallest absolute Gasteiger partial charge is 0.0774 e. The minimum absolute atomic E-state index is 0.357. The van der Waals surface area contributed by atoms with Gasteiger partial charge in [0, 0.05) is 13.1 Å². The van der Waals surface area contributed by atoms with Crippen molar-refractivity contribution in [2.75, 3.05) is 19.6 Å². The van der Waals surface area contributed by atoms with Crippen molar-refractivity contribution in [3.63, 3.8) is 0 Å². The van der Waals surface area contributed by atoms with Gasteiger partial charge in [-0.1, -0.05) is 33.1 Å². The van der Waals surface area contributed by atoms with E-state index in [0.717, 1.165) is 31.2 Å². The number of rotatable bonds is 3. The SMILES string of the molecule is CC(C)C1CCN(CC2(O)CCCCC2)C1. The van der Waals surface area contributed by atoms with E-state index in [2.05, 4.69) is 18.7 Å². The Hall–Kier alpha value is -0.0800. The van der Waals surface area contributed by atoms with Crippen molar-refractivity contribution in [2.24, 2.45) is 11.8 Å². The summed E-state index contributed by atoms with van der Waals surface area (Å²) in [5.41, 5.74) is -0.357. The van der Waals surface area contributed by atoms with Crippen LogP contribution >= 0.6 is 0 Å². The monoisotopic (exact) mass is 225 g/mol. The minimum atomic E-state index is -0.357. The molecular formula is C14H27NO. The zero-order valence-corrected chi connectivity index (χ0v) is 10.9. The zero-order chi connectivity index (χ0) is 11.6. The van der Waals surface area contributed by atoms with Gasteiger partial charge in [0.1, 0.15) is 0 Å². The molecule has 1 unspecified atom stereocenters. The summed E-state index contributed by atoms with van der Waals surface area (Å²) in [6, 6.07) is 0. The molecule has 1 N–H and O–H groups in total. The first kappa shape index (κ1) is 12.4. The number of likely N-dealkylation sites (tertiary alicyclic amines) is 1. The molecule has 0 aromatic rings. The number of β-amino-alcohol motifs (C(OH)–C–C–N with tert-alkyl or cyclic N) is 1. The van der Waals surface area contributed by atoms with E-state index in [1.807, 2.05) is 0 Å². The van der Waals surface area contributed by atoms with Gasteiger partial charge in [-0.25, -0.2) is 0 Å². The van der Waals surface area contributed by atoms with E-state index in [1.165, 1.54) is 38.8 Å². The maximum atomic E-state index is 10.5. The Kier molecular flexibility index (Phi) is 3.91. The molecule has 0 bridgehead atoms. The Bertz CT molecular complexity index is 221. The topological polar surface area (TPSA) is 23.5 Å². The van der Waals surface area contributed by atoms with Crippen LogP contribution in [0.25, 0.3) is 0 Å². The lowest BCUT2D eigenvalue weighted by Gasteiger charge is -2.35. The molecule has 2 fully saturated rings. The van der Waals surface area contributed by atoms with Gasteiger partial charge in [-0.05, 0) is 37.6 Å². The number of hydrogen-bond acceptors (Lipinski definition) is 2. The quantitative estimate of drug-likeness (QED) is 0.798. The van der Waals surface area contributed by atoms with Gasteiger partial charge in [-0.15, -0.1) is 0 Å². The van der Waals surface area contributed by atoms with Crippen molar-refractivity contribution in [3.05, 3.63) is 0 Å². The Morgan fingerprint density at radius 1 is 1.25 bits per heavy atom. The molecule has 2 rings (SSSR count). The van der Waals surface area contributed by atoms with Gasteiger partial charge in [0.15, 0.2) is 0 Å². The van der Waals surface area contributed by atoms with Crippen molar-refractivity contribution >= 4 is 0 Å². The largest absolute Gasteiger partial charge is 0.389 e. The molecular weight excluding hydrogens is 198 g/mol. The van der Waals surface area contributed by atoms with E-state index >= 15 is 0 Å². The molecule has 0 amide bonds. The number of aliphatic hydroxyl groups is 1. The van der Waals surface area contributed by atoms with Crippen LogP contribution in [0.4, 0.5) is 0 Å². The third kappa shape index (κ3) is 2.98. The Labute approximate surface area is 100 Å². The van der Waals surface area contributed by atoms with E-state index in [9.17, 15) is 5.11 Å². The van der Waals surface area contributed by atoms with Crippen molar-refractivity contribution in [2.45, 2.75) is 58.0 Å². The van der Waals surface area contributed by atoms with Crippen molar-refractivity contribution in [3.8, 4) is 0 Å². The second kappa shape index (κ2) is 5.05. The highest BCUT2D eigenvalue weighted by molar-refractivity contribution is 4.88. The highest BCUT2D eigenvalue weighted by Gasteiger charge is 2.34. The van der Waals surface area contributed by atoms with Gasteiger partial charge in [0.25, 0.3) is 0 Å². The minimum Gasteiger partial charge on any atom is -0.389 e. The van der Waals surface area contributed by atoms with E-state index in [0.29, 0.717) is 0 Å². The normalized spacial score (nSPS) is 31.1. The molecule has 2 aliphatic rings. The highest BCUT2D eigenvalue weighted by atomic mass is 16.3. The first-order valence-electron chi connectivity index (χ1n) is 7.04. The van der Waals surface area contributed by atoms with Crippen LogP contribution in [-0.4, -0.2) is 35.2 Å². The molecule has 1 heterocycles. The lowest BCUT2D eigenvalue weighted by Crippen LogP contribution is -2.43. The predicted octanol–water partition coefficient (Wildman–Crippen LogP) is 2.66. The first-order valence-corrected chi connectivity index (χ1v) is 7.04. The molecule has 1 aliphatic heterocycles. The fourth-order valence-electron chi connectivity index (χ4n) is 3.33. The van der Waals surface area contributed by atoms with E-state index in [-0.39, 0.29) is 5.60 Å². The Morgan fingerprint density at radius 3 is 2.50 bits per heavy atom. The molecule has 0 radical (unpaired) electrons. The Balaban J connectivity index is 1.81. The predicted molar refractivity (Wildman–Crippen MR) is 67.4 cm³/mol. The molecule has 0 aromatic carbocycles. The van der Waals surface area contributed by atoms with Crippen LogP contribution in [0.3, 0.4) is 0 Å². The summed E-state index contributed by atoms with van der Waals surface area (Å²) in [6.07, 6.45) is 7.13. The lowest BCUT2D eigenvalue weighted by molar-refractivity contribution is -0.0224. The van der Waals surface area contributed by atoms with Crippen molar-refractivity contribution in [1.82, 2.24) is 4.90 Å². The fraction of sp³-hybridized carbons (Fsp3) is 1.00. The highest BCUT2D eigenvalue weighted by Crippen LogP contribution is 2.31. The molecule has 0 spiro atoms. The van der Waals surface area contributed by atoms with Crippen LogP contribution in [0, 0.1) is 11.8 Å². The third-order valence-corrected chi connectivity index (χ3v) is 4.55. The third-order valence-electron chi connectivity index (χ3n) is 4.55. The van der Waals surface area contributed by atoms with Gasteiger partial charge >= 0.3 is 0 Å². The number of nitrogens with zero attached hydrogens (tertiary/aromatic N) is 1. The summed E-state index contributed by atoms with van der Waals surface area (Å²) < 4.78 is 0. The number of hydrogen-bond donors (Lipinski definition) is 1. The van der Waals surface area contributed by atoms with Crippen molar-refractivity contribution in [1.29, 1.82) is 0 Å². The molecule has 94 valence electrons. The summed E-state index contributed by atoms with van der Waals surface area (Å²) in [6.45, 7) is 7.98. The maximum Gasteiger partial charge on any atom is 0.0774 e. The average Bonchev–Trinajstić information content (AvgIpc) is 2.66. The maximum absolute atomic E-state index is 10.5. The van der Waals surface area contributed by atoms with Crippen molar-refractivity contribution < 1.29 is 5.11 Å². The molecule has 1 saturated carbocycles. The van der Waals surface area contributed by atoms with Gasteiger partial charge < -0.3 is 10.0 Å². The summed E-state index contributed by atoms with van der Waals surface area (Å²) in [5.74, 6) is 1.65. The molecule has 2 heteroatoms. The molecule has 0 aromatic heterocycles.